The molecule has 0 heterocycles. The Labute approximate surface area is 91.5 Å². The molecule has 6 heteroatoms. The van der Waals surface area contributed by atoms with Crippen molar-refractivity contribution in [2.45, 2.75) is 6.92 Å². The van der Waals surface area contributed by atoms with Crippen molar-refractivity contribution in [3.8, 4) is 0 Å². The third-order valence-electron chi connectivity index (χ3n) is 1.68. The van der Waals surface area contributed by atoms with Crippen LogP contribution in [-0.2, 0) is 0 Å². The van der Waals surface area contributed by atoms with E-state index in [-0.39, 0.29) is 5.69 Å². The Balaban J connectivity index is 3.53. The van der Waals surface area contributed by atoms with E-state index in [4.69, 9.17) is 5.73 Å². The number of nitrogens with zero attached hydrogens (tertiary/aromatic N) is 1. The summed E-state index contributed by atoms with van der Waals surface area (Å²) in [6.45, 7) is 1.61. The highest BCUT2D eigenvalue weighted by atomic mass is 79.9. The average Bonchev–Trinajstić information content (AvgIpc) is 1.99. The van der Waals surface area contributed by atoms with Gasteiger partial charge in [-0.2, -0.15) is 0 Å². The first-order valence-electron chi connectivity index (χ1n) is 3.33. The van der Waals surface area contributed by atoms with Gasteiger partial charge in [-0.25, -0.2) is 0 Å². The van der Waals surface area contributed by atoms with Crippen molar-refractivity contribution in [2.75, 3.05) is 5.73 Å². The Bertz CT molecular complexity index is 379. The van der Waals surface area contributed by atoms with Gasteiger partial charge in [-0.3, -0.25) is 10.1 Å². The maximum atomic E-state index is 10.6. The van der Waals surface area contributed by atoms with Crippen LogP contribution in [0.25, 0.3) is 0 Å². The van der Waals surface area contributed by atoms with Gasteiger partial charge in [0.15, 0.2) is 0 Å². The minimum absolute atomic E-state index is 0.0145. The monoisotopic (exact) mass is 308 g/mol. The fourth-order valence-corrected chi connectivity index (χ4v) is 2.47. The van der Waals surface area contributed by atoms with Gasteiger partial charge in [0.1, 0.15) is 0 Å². The van der Waals surface area contributed by atoms with Crippen LogP contribution >= 0.6 is 31.9 Å². The molecular formula is C7H6Br2N2O2. The molecule has 0 aromatic heterocycles. The minimum Gasteiger partial charge on any atom is -0.397 e. The highest BCUT2D eigenvalue weighted by Crippen LogP contribution is 2.37. The number of nitrogens with two attached hydrogens (primary N) is 1. The van der Waals surface area contributed by atoms with Gasteiger partial charge >= 0.3 is 0 Å². The molecule has 0 unspecified atom stereocenters. The molecule has 0 amide bonds. The van der Waals surface area contributed by atoms with Crippen molar-refractivity contribution < 1.29 is 4.92 Å². The van der Waals surface area contributed by atoms with Crippen LogP contribution in [0.1, 0.15) is 5.56 Å². The summed E-state index contributed by atoms with van der Waals surface area (Å²) in [4.78, 5) is 10.2. The lowest BCUT2D eigenvalue weighted by atomic mass is 10.1. The van der Waals surface area contributed by atoms with Gasteiger partial charge in [-0.05, 0) is 44.8 Å². The highest BCUT2D eigenvalue weighted by Gasteiger charge is 2.19. The van der Waals surface area contributed by atoms with E-state index in [0.717, 1.165) is 0 Å². The zero-order valence-electron chi connectivity index (χ0n) is 6.67. The van der Waals surface area contributed by atoms with Crippen LogP contribution in [-0.4, -0.2) is 4.92 Å². The molecule has 0 saturated heterocycles. The number of anilines is 1. The average molecular weight is 310 g/mol. The number of nitro benzene ring substituents is 1. The summed E-state index contributed by atoms with van der Waals surface area (Å²) in [6.07, 6.45) is 0. The quantitative estimate of drug-likeness (QED) is 0.492. The van der Waals surface area contributed by atoms with Gasteiger partial charge in [0.25, 0.3) is 5.69 Å². The molecule has 0 saturated carbocycles. The largest absolute Gasteiger partial charge is 0.397 e. The van der Waals surface area contributed by atoms with Crippen LogP contribution in [0, 0.1) is 17.0 Å². The van der Waals surface area contributed by atoms with E-state index in [1.165, 1.54) is 0 Å². The lowest BCUT2D eigenvalue weighted by Crippen LogP contribution is -1.98. The second-order valence-corrected chi connectivity index (χ2v) is 4.19. The van der Waals surface area contributed by atoms with Crippen molar-refractivity contribution in [1.82, 2.24) is 0 Å². The van der Waals surface area contributed by atoms with Crippen molar-refractivity contribution in [2.24, 2.45) is 0 Å². The molecule has 2 N–H and O–H groups in total. The number of nitrogen functional groups attached to an aromatic ring is 1. The van der Waals surface area contributed by atoms with Crippen LogP contribution in [0.2, 0.25) is 0 Å². The molecule has 0 bridgehead atoms. The van der Waals surface area contributed by atoms with Gasteiger partial charge in [-0.1, -0.05) is 0 Å². The second-order valence-electron chi connectivity index (χ2n) is 2.48. The van der Waals surface area contributed by atoms with Crippen LogP contribution in [0.4, 0.5) is 11.4 Å². The molecule has 70 valence electrons. The normalized spacial score (nSPS) is 10.1. The summed E-state index contributed by atoms with van der Waals surface area (Å²) in [7, 11) is 0. The van der Waals surface area contributed by atoms with Crippen LogP contribution in [0.15, 0.2) is 15.0 Å². The Kier molecular flexibility index (Phi) is 2.92. The summed E-state index contributed by atoms with van der Waals surface area (Å²) in [6, 6.07) is 1.57. The van der Waals surface area contributed by atoms with Crippen LogP contribution in [0.5, 0.6) is 0 Å². The number of hydrogen-bond acceptors (Lipinski definition) is 3. The first-order chi connectivity index (χ1) is 5.95. The third-order valence-corrected chi connectivity index (χ3v) is 2.94. The number of nitro groups is 1. The highest BCUT2D eigenvalue weighted by molar-refractivity contribution is 9.11. The molecule has 1 rings (SSSR count). The van der Waals surface area contributed by atoms with Gasteiger partial charge < -0.3 is 5.73 Å². The summed E-state index contributed by atoms with van der Waals surface area (Å²) in [5, 5.41) is 10.6. The predicted octanol–water partition coefficient (Wildman–Crippen LogP) is 3.01. The summed E-state index contributed by atoms with van der Waals surface area (Å²) in [5.74, 6) is 0. The van der Waals surface area contributed by atoms with Crippen LogP contribution < -0.4 is 5.73 Å². The van der Waals surface area contributed by atoms with E-state index in [1.54, 1.807) is 13.0 Å². The molecule has 4 nitrogen and oxygen atoms in total. The van der Waals surface area contributed by atoms with Gasteiger partial charge in [0.05, 0.1) is 20.6 Å². The molecule has 0 aliphatic heterocycles. The number of hydrogen-bond donors (Lipinski definition) is 1. The molecular weight excluding hydrogens is 304 g/mol. The van der Waals surface area contributed by atoms with Gasteiger partial charge in [-0.15, -0.1) is 0 Å². The lowest BCUT2D eigenvalue weighted by molar-refractivity contribution is -0.386. The van der Waals surface area contributed by atoms with Crippen molar-refractivity contribution in [3.63, 3.8) is 0 Å². The van der Waals surface area contributed by atoms with E-state index < -0.39 is 4.92 Å². The van der Waals surface area contributed by atoms with E-state index in [2.05, 4.69) is 31.9 Å². The van der Waals surface area contributed by atoms with Crippen molar-refractivity contribution in [1.29, 1.82) is 0 Å². The van der Waals surface area contributed by atoms with E-state index in [9.17, 15) is 10.1 Å². The molecule has 0 fully saturated rings. The van der Waals surface area contributed by atoms with Crippen LogP contribution in [0.3, 0.4) is 0 Å². The fourth-order valence-electron chi connectivity index (χ4n) is 0.967. The van der Waals surface area contributed by atoms with E-state index in [0.29, 0.717) is 20.2 Å². The zero-order chi connectivity index (χ0) is 10.2. The summed E-state index contributed by atoms with van der Waals surface area (Å²) < 4.78 is 1.08. The predicted molar refractivity (Wildman–Crippen MR) is 57.6 cm³/mol. The maximum Gasteiger partial charge on any atom is 0.288 e. The summed E-state index contributed by atoms with van der Waals surface area (Å²) >= 11 is 6.31. The number of benzene rings is 1. The minimum atomic E-state index is -0.456. The Morgan fingerprint density at radius 3 is 2.46 bits per heavy atom. The van der Waals surface area contributed by atoms with Crippen molar-refractivity contribution >= 4 is 43.2 Å². The molecule has 13 heavy (non-hydrogen) atoms. The van der Waals surface area contributed by atoms with E-state index in [1.807, 2.05) is 0 Å². The van der Waals surface area contributed by atoms with Crippen molar-refractivity contribution in [3.05, 3.63) is 30.7 Å². The molecule has 0 atom stereocenters. The second kappa shape index (κ2) is 3.63. The Hall–Kier alpha value is -0.620. The molecule has 0 radical (unpaired) electrons. The first-order valence-corrected chi connectivity index (χ1v) is 4.92. The SMILES string of the molecule is Cc1c(N)c(Br)cc(Br)c1[N+](=O)[O-]. The summed E-state index contributed by atoms with van der Waals surface area (Å²) in [5.41, 5.74) is 6.49. The molecule has 0 aliphatic rings. The van der Waals surface area contributed by atoms with E-state index >= 15 is 0 Å². The molecule has 0 aliphatic carbocycles. The smallest absolute Gasteiger partial charge is 0.288 e. The topological polar surface area (TPSA) is 69.2 Å². The number of rotatable bonds is 1. The zero-order valence-corrected chi connectivity index (χ0v) is 9.85. The molecule has 1 aromatic rings. The standard InChI is InChI=1S/C7H6Br2N2O2/c1-3-6(10)4(8)2-5(9)7(3)11(12)13/h2H,10H2,1H3. The third kappa shape index (κ3) is 1.83. The molecule has 0 spiro atoms. The number of halogens is 2. The fraction of sp³-hybridized carbons (Fsp3) is 0.143. The van der Waals surface area contributed by atoms with Gasteiger partial charge in [0.2, 0.25) is 0 Å². The Morgan fingerprint density at radius 2 is 2.00 bits per heavy atom. The Morgan fingerprint density at radius 1 is 1.46 bits per heavy atom. The maximum absolute atomic E-state index is 10.6. The lowest BCUT2D eigenvalue weighted by Gasteiger charge is -2.05. The first kappa shape index (κ1) is 10.5. The van der Waals surface area contributed by atoms with Gasteiger partial charge in [0, 0.05) is 4.47 Å². The molecule has 1 aromatic carbocycles.